The highest BCUT2D eigenvalue weighted by Gasteiger charge is 2.31. The fourth-order valence-corrected chi connectivity index (χ4v) is 7.16. The van der Waals surface area contributed by atoms with E-state index in [0.29, 0.717) is 35.8 Å². The van der Waals surface area contributed by atoms with Crippen LogP contribution in [-0.2, 0) is 27.3 Å². The Morgan fingerprint density at radius 3 is 2.51 bits per heavy atom. The number of imide groups is 1. The summed E-state index contributed by atoms with van der Waals surface area (Å²) in [7, 11) is 0. The highest BCUT2D eigenvalue weighted by atomic mass is 32.1. The number of carbonyl (C=O) groups excluding carboxylic acids is 4. The zero-order valence-corrected chi connectivity index (χ0v) is 21.6. The number of nitrogens with one attached hydrogen (secondary N) is 1. The van der Waals surface area contributed by atoms with Crippen molar-refractivity contribution in [3.63, 3.8) is 0 Å². The maximum Gasteiger partial charge on any atom is 0.256 e. The van der Waals surface area contributed by atoms with E-state index in [1.165, 1.54) is 11.3 Å². The van der Waals surface area contributed by atoms with E-state index in [1.54, 1.807) is 47.4 Å². The van der Waals surface area contributed by atoms with Crippen LogP contribution in [0.3, 0.4) is 0 Å². The van der Waals surface area contributed by atoms with Gasteiger partial charge in [0.05, 0.1) is 22.4 Å². The number of nitrogens with zero attached hydrogens (tertiary/aromatic N) is 3. The average Bonchev–Trinajstić information content (AvgIpc) is 3.57. The lowest BCUT2D eigenvalue weighted by atomic mass is 10.0. The summed E-state index contributed by atoms with van der Waals surface area (Å²) < 4.78 is 1.06. The van der Waals surface area contributed by atoms with Gasteiger partial charge in [0.25, 0.3) is 5.91 Å². The summed E-state index contributed by atoms with van der Waals surface area (Å²) >= 11 is 3.04. The summed E-state index contributed by atoms with van der Waals surface area (Å²) in [5.41, 5.74) is 3.65. The zero-order valence-electron chi connectivity index (χ0n) is 19.9. The molecule has 4 amide bonds. The molecule has 10 heteroatoms. The summed E-state index contributed by atoms with van der Waals surface area (Å²) in [6.07, 6.45) is 1.04. The van der Waals surface area contributed by atoms with Gasteiger partial charge in [-0.2, -0.15) is 0 Å². The number of rotatable bonds is 4. The van der Waals surface area contributed by atoms with Crippen LogP contribution in [0, 0.1) is 0 Å². The molecule has 6 rings (SSSR count). The third-order valence-corrected chi connectivity index (χ3v) is 8.84. The first kappa shape index (κ1) is 23.5. The minimum absolute atomic E-state index is 0.0222. The number of fused-ring (bicyclic) bond motifs is 2. The molecule has 0 atom stereocenters. The summed E-state index contributed by atoms with van der Waals surface area (Å²) in [5, 5.41) is 4.57. The molecule has 1 saturated heterocycles. The lowest BCUT2D eigenvalue weighted by molar-refractivity contribution is -0.129. The Morgan fingerprint density at radius 1 is 0.973 bits per heavy atom. The molecule has 0 unspecified atom stereocenters. The standard InChI is InChI=1S/C27H22N4O4S2/c1-15(32)30-12-11-18-21(14-30)37-27(24(18)26-28-19-7-2-3-8-20(19)36-26)29-25(35)16-5-4-6-17(13-16)31-22(33)9-10-23(31)34/h2-8,13H,9-12,14H2,1H3,(H,29,35). The molecule has 2 aromatic carbocycles. The van der Waals surface area contributed by atoms with Gasteiger partial charge < -0.3 is 10.2 Å². The van der Waals surface area contributed by atoms with E-state index >= 15 is 0 Å². The second kappa shape index (κ2) is 9.20. The number of hydrogen-bond donors (Lipinski definition) is 1. The van der Waals surface area contributed by atoms with Gasteiger partial charge in [-0.05, 0) is 42.3 Å². The van der Waals surface area contributed by atoms with Crippen LogP contribution in [0.4, 0.5) is 10.7 Å². The average molecular weight is 531 g/mol. The van der Waals surface area contributed by atoms with Gasteiger partial charge in [0.2, 0.25) is 17.7 Å². The van der Waals surface area contributed by atoms with E-state index in [1.807, 2.05) is 24.3 Å². The summed E-state index contributed by atoms with van der Waals surface area (Å²) in [4.78, 5) is 58.7. The van der Waals surface area contributed by atoms with Gasteiger partial charge in [-0.25, -0.2) is 4.98 Å². The molecule has 1 N–H and O–H groups in total. The first-order valence-corrected chi connectivity index (χ1v) is 13.6. The van der Waals surface area contributed by atoms with Crippen LogP contribution in [-0.4, -0.2) is 40.1 Å². The lowest BCUT2D eigenvalue weighted by Crippen LogP contribution is -2.33. The maximum absolute atomic E-state index is 13.4. The van der Waals surface area contributed by atoms with Gasteiger partial charge in [0.1, 0.15) is 10.0 Å². The van der Waals surface area contributed by atoms with Gasteiger partial charge in [-0.1, -0.05) is 18.2 Å². The molecule has 2 aromatic heterocycles. The third kappa shape index (κ3) is 4.21. The minimum atomic E-state index is -0.342. The number of carbonyl (C=O) groups is 4. The van der Waals surface area contributed by atoms with E-state index in [4.69, 9.17) is 4.98 Å². The van der Waals surface area contributed by atoms with Gasteiger partial charge in [0.15, 0.2) is 0 Å². The van der Waals surface area contributed by atoms with Crippen molar-refractivity contribution in [3.8, 4) is 10.6 Å². The lowest BCUT2D eigenvalue weighted by Gasteiger charge is -2.26. The highest BCUT2D eigenvalue weighted by Crippen LogP contribution is 2.46. The Labute approximate surface area is 220 Å². The molecule has 0 radical (unpaired) electrons. The number of amides is 4. The summed E-state index contributed by atoms with van der Waals surface area (Å²) in [6, 6.07) is 14.5. The van der Waals surface area contributed by atoms with Crippen molar-refractivity contribution in [3.05, 3.63) is 64.5 Å². The Hall–Kier alpha value is -3.89. The molecule has 4 aromatic rings. The Kier molecular flexibility index (Phi) is 5.85. The van der Waals surface area contributed by atoms with Gasteiger partial charge >= 0.3 is 0 Å². The number of aromatic nitrogens is 1. The van der Waals surface area contributed by atoms with Crippen LogP contribution in [0.2, 0.25) is 0 Å². The quantitative estimate of drug-likeness (QED) is 0.381. The maximum atomic E-state index is 13.4. The predicted molar refractivity (Wildman–Crippen MR) is 144 cm³/mol. The molecule has 1 fully saturated rings. The Balaban J connectivity index is 1.38. The Bertz CT molecular complexity index is 1560. The number of hydrogen-bond acceptors (Lipinski definition) is 7. The molecule has 4 heterocycles. The van der Waals surface area contributed by atoms with Crippen LogP contribution in [0.15, 0.2) is 48.5 Å². The number of thiophene rings is 1. The molecule has 37 heavy (non-hydrogen) atoms. The van der Waals surface area contributed by atoms with Crippen molar-refractivity contribution >= 4 is 67.2 Å². The zero-order chi connectivity index (χ0) is 25.7. The first-order valence-electron chi connectivity index (χ1n) is 11.9. The van der Waals surface area contributed by atoms with Crippen molar-refractivity contribution in [2.75, 3.05) is 16.8 Å². The van der Waals surface area contributed by atoms with Crippen LogP contribution in [0.25, 0.3) is 20.8 Å². The predicted octanol–water partition coefficient (Wildman–Crippen LogP) is 4.84. The smallest absolute Gasteiger partial charge is 0.256 e. The molecule has 0 bridgehead atoms. The molecule has 2 aliphatic rings. The molecule has 0 spiro atoms. The summed E-state index contributed by atoms with van der Waals surface area (Å²) in [5.74, 6) is -0.845. The van der Waals surface area contributed by atoms with Crippen LogP contribution in [0.5, 0.6) is 0 Å². The second-order valence-electron chi connectivity index (χ2n) is 9.01. The number of para-hydroxylation sites is 1. The van der Waals surface area contributed by atoms with Crippen molar-refractivity contribution in [1.82, 2.24) is 9.88 Å². The van der Waals surface area contributed by atoms with Crippen molar-refractivity contribution < 1.29 is 19.2 Å². The summed E-state index contributed by atoms with van der Waals surface area (Å²) in [6.45, 7) is 2.68. The van der Waals surface area contributed by atoms with Gasteiger partial charge in [-0.15, -0.1) is 22.7 Å². The van der Waals surface area contributed by atoms with E-state index in [0.717, 1.165) is 36.1 Å². The van der Waals surface area contributed by atoms with E-state index in [2.05, 4.69) is 5.32 Å². The van der Waals surface area contributed by atoms with E-state index in [9.17, 15) is 19.2 Å². The SMILES string of the molecule is CC(=O)N1CCc2c(sc(NC(=O)c3cccc(N4C(=O)CCC4=O)c3)c2-c2nc3ccccc3s2)C1. The molecular formula is C27H22N4O4S2. The normalized spacial score (nSPS) is 15.4. The number of anilines is 2. The number of thiazole rings is 1. The van der Waals surface area contributed by atoms with Crippen LogP contribution in [0.1, 0.15) is 40.6 Å². The molecule has 0 saturated carbocycles. The molecule has 0 aliphatic carbocycles. The van der Waals surface area contributed by atoms with Crippen molar-refractivity contribution in [2.24, 2.45) is 0 Å². The molecule has 2 aliphatic heterocycles. The monoisotopic (exact) mass is 530 g/mol. The van der Waals surface area contributed by atoms with E-state index in [-0.39, 0.29) is 36.5 Å². The highest BCUT2D eigenvalue weighted by molar-refractivity contribution is 7.23. The topological polar surface area (TPSA) is 99.7 Å². The number of benzene rings is 2. The van der Waals surface area contributed by atoms with Crippen LogP contribution < -0.4 is 10.2 Å². The molecule has 186 valence electrons. The second-order valence-corrected chi connectivity index (χ2v) is 11.1. The third-order valence-electron chi connectivity index (χ3n) is 6.66. The largest absolute Gasteiger partial charge is 0.337 e. The first-order chi connectivity index (χ1) is 17.9. The van der Waals surface area contributed by atoms with Crippen molar-refractivity contribution in [1.29, 1.82) is 0 Å². The minimum Gasteiger partial charge on any atom is -0.337 e. The van der Waals surface area contributed by atoms with Gasteiger partial charge in [0, 0.05) is 42.3 Å². The van der Waals surface area contributed by atoms with E-state index < -0.39 is 0 Å². The molecular weight excluding hydrogens is 508 g/mol. The van der Waals surface area contributed by atoms with Crippen LogP contribution >= 0.6 is 22.7 Å². The fraction of sp³-hybridized carbons (Fsp3) is 0.222. The Morgan fingerprint density at radius 2 is 1.76 bits per heavy atom. The van der Waals surface area contributed by atoms with Crippen molar-refractivity contribution in [2.45, 2.75) is 32.7 Å². The fourth-order valence-electron chi connectivity index (χ4n) is 4.79. The van der Waals surface area contributed by atoms with Gasteiger partial charge in [-0.3, -0.25) is 24.1 Å². The molecule has 8 nitrogen and oxygen atoms in total.